The summed E-state index contributed by atoms with van der Waals surface area (Å²) in [4.78, 5) is 29.6. The molecule has 3 aromatic rings. The van der Waals surface area contributed by atoms with E-state index in [0.717, 1.165) is 54.9 Å². The van der Waals surface area contributed by atoms with E-state index in [1.54, 1.807) is 31.4 Å². The fourth-order valence-corrected chi connectivity index (χ4v) is 5.47. The van der Waals surface area contributed by atoms with E-state index in [0.29, 0.717) is 30.8 Å². The lowest BCUT2D eigenvalue weighted by molar-refractivity contribution is -0.145. The van der Waals surface area contributed by atoms with Crippen molar-refractivity contribution in [1.29, 1.82) is 0 Å². The quantitative estimate of drug-likeness (QED) is 0.370. The number of carbonyl (C=O) groups is 2. The molecule has 2 fully saturated rings. The molecule has 0 N–H and O–H groups in total. The largest absolute Gasteiger partial charge is 0.496 e. The minimum atomic E-state index is -4.40. The molecule has 3 aromatic carbocycles. The summed E-state index contributed by atoms with van der Waals surface area (Å²) < 4.78 is 49.2. The summed E-state index contributed by atoms with van der Waals surface area (Å²) in [5, 5.41) is 0. The van der Waals surface area contributed by atoms with E-state index in [1.165, 1.54) is 12.1 Å². The summed E-state index contributed by atoms with van der Waals surface area (Å²) in [6, 6.07) is 16.9. The summed E-state index contributed by atoms with van der Waals surface area (Å²) >= 11 is 0. The number of likely N-dealkylation sites (tertiary alicyclic amines) is 2. The highest BCUT2D eigenvalue weighted by Crippen LogP contribution is 2.41. The number of rotatable bonds is 6. The fraction of sp³-hybridized carbons (Fsp3) is 0.355. The number of amides is 2. The second-order valence-electron chi connectivity index (χ2n) is 10.7. The van der Waals surface area contributed by atoms with Gasteiger partial charge in [-0.05, 0) is 85.5 Å². The van der Waals surface area contributed by atoms with E-state index in [-0.39, 0.29) is 23.0 Å². The molecular formula is C31H31F3N2O4. The first-order chi connectivity index (χ1) is 19.0. The maximum atomic E-state index is 13.1. The lowest BCUT2D eigenvalue weighted by atomic mass is 9.71. The van der Waals surface area contributed by atoms with Gasteiger partial charge in [-0.25, -0.2) is 0 Å². The van der Waals surface area contributed by atoms with Crippen LogP contribution < -0.4 is 9.47 Å². The predicted molar refractivity (Wildman–Crippen MR) is 144 cm³/mol. The second kappa shape index (κ2) is 10.9. The molecule has 6 nitrogen and oxygen atoms in total. The molecule has 2 aliphatic heterocycles. The Labute approximate surface area is 231 Å². The van der Waals surface area contributed by atoms with E-state index in [9.17, 15) is 22.8 Å². The van der Waals surface area contributed by atoms with Gasteiger partial charge in [0.2, 0.25) is 5.91 Å². The molecule has 0 aromatic heterocycles. The number of hydrogen-bond donors (Lipinski definition) is 0. The Morgan fingerprint density at radius 2 is 1.48 bits per heavy atom. The number of piperidine rings is 1. The Hall–Kier alpha value is -4.01. The van der Waals surface area contributed by atoms with E-state index in [2.05, 4.69) is 0 Å². The van der Waals surface area contributed by atoms with Gasteiger partial charge in [0.25, 0.3) is 5.91 Å². The van der Waals surface area contributed by atoms with Crippen molar-refractivity contribution in [2.45, 2.75) is 32.4 Å². The molecular weight excluding hydrogens is 521 g/mol. The highest BCUT2D eigenvalue weighted by Gasteiger charge is 2.47. The number of nitrogens with zero attached hydrogens (tertiary/aromatic N) is 2. The van der Waals surface area contributed by atoms with Crippen LogP contribution in [0.15, 0.2) is 66.7 Å². The van der Waals surface area contributed by atoms with Crippen LogP contribution in [0.25, 0.3) is 0 Å². The third-order valence-electron chi connectivity index (χ3n) is 7.85. The first-order valence-corrected chi connectivity index (χ1v) is 13.2. The average Bonchev–Trinajstić information content (AvgIpc) is 2.92. The molecule has 2 saturated heterocycles. The number of methoxy groups -OCH3 is 1. The minimum absolute atomic E-state index is 0.0711. The number of benzene rings is 3. The first kappa shape index (κ1) is 27.6. The summed E-state index contributed by atoms with van der Waals surface area (Å²) in [6.45, 7) is 4.66. The van der Waals surface area contributed by atoms with Gasteiger partial charge in [-0.15, -0.1) is 0 Å². The maximum absolute atomic E-state index is 13.1. The molecule has 9 heteroatoms. The van der Waals surface area contributed by atoms with Gasteiger partial charge in [-0.2, -0.15) is 13.2 Å². The zero-order valence-electron chi connectivity index (χ0n) is 22.5. The van der Waals surface area contributed by atoms with E-state index in [4.69, 9.17) is 9.47 Å². The van der Waals surface area contributed by atoms with Crippen LogP contribution in [0.3, 0.4) is 0 Å². The number of alkyl halides is 3. The molecule has 0 unspecified atom stereocenters. The van der Waals surface area contributed by atoms with Crippen molar-refractivity contribution in [2.75, 3.05) is 33.3 Å². The fourth-order valence-electron chi connectivity index (χ4n) is 5.47. The van der Waals surface area contributed by atoms with Crippen LogP contribution >= 0.6 is 0 Å². The topological polar surface area (TPSA) is 59.1 Å². The third-order valence-corrected chi connectivity index (χ3v) is 7.85. The molecule has 2 aliphatic rings. The van der Waals surface area contributed by atoms with E-state index in [1.807, 2.05) is 34.9 Å². The van der Waals surface area contributed by atoms with Crippen LogP contribution in [0.1, 0.15) is 39.9 Å². The van der Waals surface area contributed by atoms with Crippen LogP contribution in [0.2, 0.25) is 0 Å². The summed E-state index contributed by atoms with van der Waals surface area (Å²) in [5.74, 6) is 1.56. The van der Waals surface area contributed by atoms with Gasteiger partial charge in [0.15, 0.2) is 0 Å². The van der Waals surface area contributed by atoms with Crippen LogP contribution in [0, 0.1) is 12.3 Å². The first-order valence-electron chi connectivity index (χ1n) is 13.2. The van der Waals surface area contributed by atoms with Gasteiger partial charge in [0.05, 0.1) is 19.1 Å². The monoisotopic (exact) mass is 552 g/mol. The molecule has 210 valence electrons. The molecule has 2 amide bonds. The normalized spacial score (nSPS) is 16.4. The highest BCUT2D eigenvalue weighted by atomic mass is 19.4. The van der Waals surface area contributed by atoms with Crippen LogP contribution in [0.4, 0.5) is 13.2 Å². The molecule has 2 heterocycles. The Kier molecular flexibility index (Phi) is 7.49. The minimum Gasteiger partial charge on any atom is -0.496 e. The van der Waals surface area contributed by atoms with Crippen molar-refractivity contribution >= 4 is 11.8 Å². The maximum Gasteiger partial charge on any atom is 0.416 e. The highest BCUT2D eigenvalue weighted by molar-refractivity contribution is 5.94. The number of halogens is 3. The standard InChI is InChI=1S/C31H31F3N2O4/c1-21-17-22(3-12-27(21)39-2)18-28(37)36-19-30(20-36)13-15-35(16-14-30)29(38)23-4-8-25(9-5-23)40-26-10-6-24(7-11-26)31(32,33)34/h3-12,17H,13-16,18-20H2,1-2H3. The Morgan fingerprint density at radius 3 is 2.02 bits per heavy atom. The Bertz CT molecular complexity index is 1370. The van der Waals surface area contributed by atoms with E-state index >= 15 is 0 Å². The van der Waals surface area contributed by atoms with Gasteiger partial charge in [-0.3, -0.25) is 9.59 Å². The number of aryl methyl sites for hydroxylation is 1. The second-order valence-corrected chi connectivity index (χ2v) is 10.7. The van der Waals surface area contributed by atoms with Gasteiger partial charge in [0.1, 0.15) is 17.2 Å². The third kappa shape index (κ3) is 5.93. The summed E-state index contributed by atoms with van der Waals surface area (Å²) in [5.41, 5.74) is 1.83. The van der Waals surface area contributed by atoms with Crippen LogP contribution in [-0.4, -0.2) is 54.9 Å². The smallest absolute Gasteiger partial charge is 0.416 e. The summed E-state index contributed by atoms with van der Waals surface area (Å²) in [6.07, 6.45) is -2.34. The Balaban J connectivity index is 1.09. The lowest BCUT2D eigenvalue weighted by Gasteiger charge is -2.54. The zero-order chi connectivity index (χ0) is 28.5. The SMILES string of the molecule is COc1ccc(CC(=O)N2CC3(CCN(C(=O)c4ccc(Oc5ccc(C(F)(F)F)cc5)cc4)CC3)C2)cc1C. The zero-order valence-corrected chi connectivity index (χ0v) is 22.5. The molecule has 0 radical (unpaired) electrons. The number of ether oxygens (including phenoxy) is 2. The Morgan fingerprint density at radius 1 is 0.875 bits per heavy atom. The molecule has 5 rings (SSSR count). The van der Waals surface area contributed by atoms with Crippen molar-refractivity contribution in [2.24, 2.45) is 5.41 Å². The molecule has 0 saturated carbocycles. The molecule has 1 spiro atoms. The van der Waals surface area contributed by atoms with Crippen molar-refractivity contribution in [3.63, 3.8) is 0 Å². The molecule has 40 heavy (non-hydrogen) atoms. The van der Waals surface area contributed by atoms with Gasteiger partial charge < -0.3 is 19.3 Å². The van der Waals surface area contributed by atoms with Crippen molar-refractivity contribution in [1.82, 2.24) is 9.80 Å². The van der Waals surface area contributed by atoms with Crippen molar-refractivity contribution in [3.05, 3.63) is 89.0 Å². The van der Waals surface area contributed by atoms with Crippen molar-refractivity contribution in [3.8, 4) is 17.2 Å². The van der Waals surface area contributed by atoms with Gasteiger partial charge in [0, 0.05) is 37.2 Å². The van der Waals surface area contributed by atoms with Gasteiger partial charge in [-0.1, -0.05) is 12.1 Å². The van der Waals surface area contributed by atoms with Crippen molar-refractivity contribution < 1.29 is 32.2 Å². The predicted octanol–water partition coefficient (Wildman–Crippen LogP) is 6.12. The van der Waals surface area contributed by atoms with E-state index < -0.39 is 11.7 Å². The van der Waals surface area contributed by atoms with Gasteiger partial charge >= 0.3 is 6.18 Å². The number of carbonyl (C=O) groups excluding carboxylic acids is 2. The molecule has 0 aliphatic carbocycles. The lowest BCUT2D eigenvalue weighted by Crippen LogP contribution is -2.62. The average molecular weight is 553 g/mol. The summed E-state index contributed by atoms with van der Waals surface area (Å²) in [7, 11) is 1.63. The van der Waals surface area contributed by atoms with Crippen LogP contribution in [0.5, 0.6) is 17.2 Å². The molecule has 0 atom stereocenters. The van der Waals surface area contributed by atoms with Crippen LogP contribution in [-0.2, 0) is 17.4 Å². The molecule has 0 bridgehead atoms. The number of hydrogen-bond acceptors (Lipinski definition) is 4.